The Morgan fingerprint density at radius 1 is 1.35 bits per heavy atom. The van der Waals surface area contributed by atoms with E-state index in [1.54, 1.807) is 43.3 Å². The van der Waals surface area contributed by atoms with Gasteiger partial charge in [0.25, 0.3) is 5.91 Å². The zero-order valence-corrected chi connectivity index (χ0v) is 13.5. The zero-order chi connectivity index (χ0) is 16.8. The number of halogens is 1. The number of nitrogens with one attached hydrogen (secondary N) is 1. The Morgan fingerprint density at radius 2 is 2.09 bits per heavy atom. The van der Waals surface area contributed by atoms with E-state index in [0.717, 1.165) is 5.56 Å². The predicted octanol–water partition coefficient (Wildman–Crippen LogP) is 3.27. The quantitative estimate of drug-likeness (QED) is 0.652. The van der Waals surface area contributed by atoms with Gasteiger partial charge in [-0.3, -0.25) is 4.79 Å². The Balaban J connectivity index is 1.94. The Labute approximate surface area is 139 Å². The van der Waals surface area contributed by atoms with E-state index in [4.69, 9.17) is 16.3 Å². The van der Waals surface area contributed by atoms with Crippen LogP contribution >= 0.6 is 11.6 Å². The van der Waals surface area contributed by atoms with E-state index in [1.165, 1.54) is 12.3 Å². The summed E-state index contributed by atoms with van der Waals surface area (Å²) in [5.41, 5.74) is 3.73. The molecule has 2 N–H and O–H groups in total. The van der Waals surface area contributed by atoms with Gasteiger partial charge >= 0.3 is 0 Å². The molecule has 1 atom stereocenters. The SMILES string of the molecule is Cc1cc(Cl)ccc1O[C@@H](C)C(=O)N/N=C\c1ccccc1O. The lowest BCUT2D eigenvalue weighted by molar-refractivity contribution is -0.127. The van der Waals surface area contributed by atoms with E-state index in [9.17, 15) is 9.90 Å². The van der Waals surface area contributed by atoms with Gasteiger partial charge in [-0.25, -0.2) is 5.43 Å². The molecule has 0 aliphatic heterocycles. The molecule has 2 rings (SSSR count). The van der Waals surface area contributed by atoms with Gasteiger partial charge in [-0.1, -0.05) is 23.7 Å². The summed E-state index contributed by atoms with van der Waals surface area (Å²) in [7, 11) is 0. The zero-order valence-electron chi connectivity index (χ0n) is 12.8. The number of aryl methyl sites for hydroxylation is 1. The van der Waals surface area contributed by atoms with Crippen LogP contribution in [0.1, 0.15) is 18.1 Å². The first kappa shape index (κ1) is 16.8. The van der Waals surface area contributed by atoms with Crippen molar-refractivity contribution < 1.29 is 14.6 Å². The molecule has 6 heteroatoms. The number of amides is 1. The molecule has 23 heavy (non-hydrogen) atoms. The first-order chi connectivity index (χ1) is 11.0. The van der Waals surface area contributed by atoms with Crippen LogP contribution in [0.2, 0.25) is 5.02 Å². The normalized spacial score (nSPS) is 12.1. The van der Waals surface area contributed by atoms with Crippen molar-refractivity contribution in [2.24, 2.45) is 5.10 Å². The van der Waals surface area contributed by atoms with Crippen LogP contribution in [0.5, 0.6) is 11.5 Å². The lowest BCUT2D eigenvalue weighted by atomic mass is 10.2. The standard InChI is InChI=1S/C17H17ClN2O3/c1-11-9-14(18)7-8-16(11)23-12(2)17(22)20-19-10-13-5-3-4-6-15(13)21/h3-10,12,21H,1-2H3,(H,20,22)/b19-10-/t12-/m0/s1. The number of ether oxygens (including phenoxy) is 1. The Hall–Kier alpha value is -2.53. The summed E-state index contributed by atoms with van der Waals surface area (Å²) in [6.07, 6.45) is 0.643. The van der Waals surface area contributed by atoms with E-state index in [0.29, 0.717) is 16.3 Å². The molecule has 120 valence electrons. The smallest absolute Gasteiger partial charge is 0.280 e. The molecular weight excluding hydrogens is 316 g/mol. The van der Waals surface area contributed by atoms with E-state index >= 15 is 0 Å². The highest BCUT2D eigenvalue weighted by Gasteiger charge is 2.15. The minimum Gasteiger partial charge on any atom is -0.507 e. The van der Waals surface area contributed by atoms with Gasteiger partial charge in [-0.2, -0.15) is 5.10 Å². The first-order valence-electron chi connectivity index (χ1n) is 7.01. The molecule has 0 unspecified atom stereocenters. The summed E-state index contributed by atoms with van der Waals surface area (Å²) < 4.78 is 5.59. The number of carbonyl (C=O) groups excluding carboxylic acids is 1. The number of nitrogens with zero attached hydrogens (tertiary/aromatic N) is 1. The van der Waals surface area contributed by atoms with Crippen LogP contribution in [0.25, 0.3) is 0 Å². The molecule has 2 aromatic carbocycles. The molecule has 0 aliphatic rings. The highest BCUT2D eigenvalue weighted by atomic mass is 35.5. The molecule has 0 heterocycles. The number of aromatic hydroxyl groups is 1. The topological polar surface area (TPSA) is 70.9 Å². The molecule has 5 nitrogen and oxygen atoms in total. The van der Waals surface area contributed by atoms with Crippen molar-refractivity contribution in [3.63, 3.8) is 0 Å². The molecule has 2 aromatic rings. The summed E-state index contributed by atoms with van der Waals surface area (Å²) in [4.78, 5) is 12.0. The summed E-state index contributed by atoms with van der Waals surface area (Å²) >= 11 is 5.88. The lowest BCUT2D eigenvalue weighted by Gasteiger charge is -2.14. The molecule has 0 aliphatic carbocycles. The Bertz CT molecular complexity index is 732. The second kappa shape index (κ2) is 7.65. The van der Waals surface area contributed by atoms with Crippen LogP contribution in [0.3, 0.4) is 0 Å². The molecule has 0 radical (unpaired) electrons. The van der Waals surface area contributed by atoms with Crippen molar-refractivity contribution in [1.82, 2.24) is 5.43 Å². The molecule has 0 saturated heterocycles. The molecule has 0 aromatic heterocycles. The van der Waals surface area contributed by atoms with Gasteiger partial charge in [0.15, 0.2) is 6.10 Å². The fourth-order valence-corrected chi connectivity index (χ4v) is 2.07. The summed E-state index contributed by atoms with van der Waals surface area (Å²) in [5.74, 6) is 0.277. The van der Waals surface area contributed by atoms with Gasteiger partial charge in [-0.15, -0.1) is 0 Å². The minimum absolute atomic E-state index is 0.0894. The second-order valence-corrected chi connectivity index (χ2v) is 5.40. The highest BCUT2D eigenvalue weighted by molar-refractivity contribution is 6.30. The van der Waals surface area contributed by atoms with Crippen LogP contribution in [0, 0.1) is 6.92 Å². The van der Waals surface area contributed by atoms with Crippen molar-refractivity contribution >= 4 is 23.7 Å². The maximum atomic E-state index is 12.0. The van der Waals surface area contributed by atoms with Gasteiger partial charge in [0.1, 0.15) is 11.5 Å². The predicted molar refractivity (Wildman–Crippen MR) is 90.1 cm³/mol. The molecule has 1 amide bonds. The van der Waals surface area contributed by atoms with Crippen molar-refractivity contribution in [3.8, 4) is 11.5 Å². The third kappa shape index (κ3) is 4.72. The number of benzene rings is 2. The number of hydrazone groups is 1. The van der Waals surface area contributed by atoms with Crippen molar-refractivity contribution in [1.29, 1.82) is 0 Å². The van der Waals surface area contributed by atoms with Crippen LogP contribution in [-0.2, 0) is 4.79 Å². The monoisotopic (exact) mass is 332 g/mol. The van der Waals surface area contributed by atoms with Gasteiger partial charge in [0, 0.05) is 10.6 Å². The minimum atomic E-state index is -0.726. The van der Waals surface area contributed by atoms with Gasteiger partial charge in [0.05, 0.1) is 6.21 Å². The van der Waals surface area contributed by atoms with E-state index in [1.807, 2.05) is 6.92 Å². The van der Waals surface area contributed by atoms with Crippen LogP contribution < -0.4 is 10.2 Å². The number of carbonyl (C=O) groups is 1. The first-order valence-corrected chi connectivity index (χ1v) is 7.39. The van der Waals surface area contributed by atoms with Crippen LogP contribution in [0.15, 0.2) is 47.6 Å². The summed E-state index contributed by atoms with van der Waals surface area (Å²) in [5, 5.41) is 14.0. The van der Waals surface area contributed by atoms with E-state index < -0.39 is 12.0 Å². The molecule has 0 bridgehead atoms. The van der Waals surface area contributed by atoms with Gasteiger partial charge < -0.3 is 9.84 Å². The molecule has 0 saturated carbocycles. The summed E-state index contributed by atoms with van der Waals surface area (Å²) in [6.45, 7) is 3.47. The number of phenolic OH excluding ortho intramolecular Hbond substituents is 1. The average Bonchev–Trinajstić information content (AvgIpc) is 2.51. The average molecular weight is 333 g/mol. The van der Waals surface area contributed by atoms with Crippen LogP contribution in [-0.4, -0.2) is 23.3 Å². The number of rotatable bonds is 5. The van der Waals surface area contributed by atoms with E-state index in [2.05, 4.69) is 10.5 Å². The number of para-hydroxylation sites is 1. The molecule has 0 fully saturated rings. The number of phenols is 1. The third-order valence-corrected chi connectivity index (χ3v) is 3.36. The van der Waals surface area contributed by atoms with E-state index in [-0.39, 0.29) is 5.75 Å². The van der Waals surface area contributed by atoms with Crippen molar-refractivity contribution in [3.05, 3.63) is 58.6 Å². The fourth-order valence-electron chi connectivity index (χ4n) is 1.84. The largest absolute Gasteiger partial charge is 0.507 e. The lowest BCUT2D eigenvalue weighted by Crippen LogP contribution is -2.33. The maximum Gasteiger partial charge on any atom is 0.280 e. The summed E-state index contributed by atoms with van der Waals surface area (Å²) in [6, 6.07) is 11.9. The highest BCUT2D eigenvalue weighted by Crippen LogP contribution is 2.22. The van der Waals surface area contributed by atoms with Crippen LogP contribution in [0.4, 0.5) is 0 Å². The van der Waals surface area contributed by atoms with Crippen molar-refractivity contribution in [2.75, 3.05) is 0 Å². The third-order valence-electron chi connectivity index (χ3n) is 3.13. The molecular formula is C17H17ClN2O3. The van der Waals surface area contributed by atoms with Gasteiger partial charge in [-0.05, 0) is 49.7 Å². The van der Waals surface area contributed by atoms with Crippen molar-refractivity contribution in [2.45, 2.75) is 20.0 Å². The maximum absolute atomic E-state index is 12.0. The molecule has 0 spiro atoms. The Morgan fingerprint density at radius 3 is 2.78 bits per heavy atom. The number of hydrogen-bond donors (Lipinski definition) is 2. The van der Waals surface area contributed by atoms with Gasteiger partial charge in [0.2, 0.25) is 0 Å². The Kier molecular flexibility index (Phi) is 5.60. The fraction of sp³-hybridized carbons (Fsp3) is 0.176. The number of hydrogen-bond acceptors (Lipinski definition) is 4. The second-order valence-electron chi connectivity index (χ2n) is 4.96.